The Morgan fingerprint density at radius 2 is 1.57 bits per heavy atom. The molecular formula is C26H38N4O6Si. The highest BCUT2D eigenvalue weighted by atomic mass is 28.3. The lowest BCUT2D eigenvalue weighted by Gasteiger charge is -2.33. The number of carbonyl (C=O) groups is 5. The zero-order valence-corrected chi connectivity index (χ0v) is 23.7. The molecule has 0 aromatic heterocycles. The number of imide groups is 3. The highest BCUT2D eigenvalue weighted by Crippen LogP contribution is 2.30. The molecule has 37 heavy (non-hydrogen) atoms. The van der Waals surface area contributed by atoms with Crippen molar-refractivity contribution in [3.8, 4) is 0 Å². The van der Waals surface area contributed by atoms with Crippen LogP contribution in [0, 0.1) is 0 Å². The first-order valence-electron chi connectivity index (χ1n) is 12.8. The standard InChI is InChI=1S/C26H38N4O6Si/c1-7-8-13-27-21(31)16-22(32)30(25(27)35)20-11-9-19(10-12-20)17-29-24(34)28(23(33)26(29,2)3)18-36-14-15-37(4,5)6/h9-12H,7-8,13-18H2,1-6H3. The molecule has 0 spiro atoms. The lowest BCUT2D eigenvalue weighted by molar-refractivity contribution is -0.136. The van der Waals surface area contributed by atoms with Gasteiger partial charge in [-0.3, -0.25) is 19.3 Å². The Balaban J connectivity index is 1.69. The van der Waals surface area contributed by atoms with E-state index in [1.807, 2.05) is 6.92 Å². The van der Waals surface area contributed by atoms with Crippen LogP contribution in [0.25, 0.3) is 0 Å². The number of benzene rings is 1. The van der Waals surface area contributed by atoms with Crippen molar-refractivity contribution in [3.63, 3.8) is 0 Å². The van der Waals surface area contributed by atoms with E-state index in [0.29, 0.717) is 18.7 Å². The van der Waals surface area contributed by atoms with Gasteiger partial charge in [0.25, 0.3) is 5.91 Å². The SMILES string of the molecule is CCCCN1C(=O)CC(=O)N(c2ccc(CN3C(=O)N(COCC[Si](C)(C)C)C(=O)C3(C)C)cc2)C1=O. The topological polar surface area (TPSA) is 108 Å². The maximum Gasteiger partial charge on any atom is 0.338 e. The number of hydrogen-bond acceptors (Lipinski definition) is 6. The fraction of sp³-hybridized carbons (Fsp3) is 0.577. The summed E-state index contributed by atoms with van der Waals surface area (Å²) in [6.07, 6.45) is 1.12. The number of amides is 7. The molecule has 7 amide bonds. The average Bonchev–Trinajstić information content (AvgIpc) is 2.96. The van der Waals surface area contributed by atoms with E-state index in [1.54, 1.807) is 38.1 Å². The number of carbonyl (C=O) groups excluding carboxylic acids is 5. The molecule has 0 atom stereocenters. The third-order valence-electron chi connectivity index (χ3n) is 6.67. The molecule has 10 nitrogen and oxygen atoms in total. The smallest absolute Gasteiger partial charge is 0.338 e. The van der Waals surface area contributed by atoms with Gasteiger partial charge in [-0.05, 0) is 44.0 Å². The molecule has 1 aromatic carbocycles. The molecule has 2 fully saturated rings. The van der Waals surface area contributed by atoms with Gasteiger partial charge in [0, 0.05) is 27.8 Å². The molecule has 3 rings (SSSR count). The molecule has 202 valence electrons. The van der Waals surface area contributed by atoms with Gasteiger partial charge in [-0.25, -0.2) is 19.4 Å². The summed E-state index contributed by atoms with van der Waals surface area (Å²) in [7, 11) is -1.29. The van der Waals surface area contributed by atoms with Crippen LogP contribution in [-0.4, -0.2) is 78.0 Å². The minimum Gasteiger partial charge on any atom is -0.361 e. The number of rotatable bonds is 11. The molecule has 0 aliphatic carbocycles. The molecule has 0 bridgehead atoms. The summed E-state index contributed by atoms with van der Waals surface area (Å²) in [6, 6.07) is 6.53. The van der Waals surface area contributed by atoms with Crippen LogP contribution < -0.4 is 4.90 Å². The Hall–Kier alpha value is -3.05. The van der Waals surface area contributed by atoms with Crippen LogP contribution in [0.3, 0.4) is 0 Å². The Bertz CT molecular complexity index is 1070. The average molecular weight is 531 g/mol. The predicted molar refractivity (Wildman–Crippen MR) is 141 cm³/mol. The molecular weight excluding hydrogens is 492 g/mol. The summed E-state index contributed by atoms with van der Waals surface area (Å²) in [5.74, 6) is -1.37. The number of nitrogens with zero attached hydrogens (tertiary/aromatic N) is 4. The van der Waals surface area contributed by atoms with Gasteiger partial charge in [0.2, 0.25) is 11.8 Å². The number of unbranched alkanes of at least 4 members (excludes halogenated alkanes) is 1. The summed E-state index contributed by atoms with van der Waals surface area (Å²) in [4.78, 5) is 68.5. The number of ether oxygens (including phenoxy) is 1. The van der Waals surface area contributed by atoms with Gasteiger partial charge in [0.15, 0.2) is 0 Å². The number of urea groups is 2. The Morgan fingerprint density at radius 1 is 0.919 bits per heavy atom. The fourth-order valence-corrected chi connectivity index (χ4v) is 4.95. The minimum atomic E-state index is -1.29. The summed E-state index contributed by atoms with van der Waals surface area (Å²) >= 11 is 0. The van der Waals surface area contributed by atoms with E-state index in [4.69, 9.17) is 4.74 Å². The van der Waals surface area contributed by atoms with Crippen LogP contribution in [0.15, 0.2) is 24.3 Å². The van der Waals surface area contributed by atoms with Crippen molar-refractivity contribution in [2.75, 3.05) is 24.8 Å². The van der Waals surface area contributed by atoms with E-state index in [2.05, 4.69) is 19.6 Å². The molecule has 0 N–H and O–H groups in total. The van der Waals surface area contributed by atoms with Crippen molar-refractivity contribution in [1.82, 2.24) is 14.7 Å². The van der Waals surface area contributed by atoms with Gasteiger partial charge in [-0.2, -0.15) is 0 Å². The zero-order chi connectivity index (χ0) is 27.5. The zero-order valence-electron chi connectivity index (χ0n) is 22.7. The number of barbiturate groups is 1. The highest BCUT2D eigenvalue weighted by molar-refractivity contribution is 6.76. The van der Waals surface area contributed by atoms with Crippen molar-refractivity contribution in [1.29, 1.82) is 0 Å². The molecule has 0 saturated carbocycles. The Labute approximate surface area is 219 Å². The second kappa shape index (κ2) is 11.1. The van der Waals surface area contributed by atoms with Crippen molar-refractivity contribution in [2.45, 2.75) is 77.8 Å². The molecule has 2 saturated heterocycles. The molecule has 0 radical (unpaired) electrons. The lowest BCUT2D eigenvalue weighted by Crippen LogP contribution is -2.55. The van der Waals surface area contributed by atoms with Gasteiger partial charge in [0.05, 0.1) is 5.69 Å². The molecule has 1 aromatic rings. The van der Waals surface area contributed by atoms with E-state index in [0.717, 1.165) is 32.7 Å². The maximum absolute atomic E-state index is 13.1. The maximum atomic E-state index is 13.1. The van der Waals surface area contributed by atoms with Gasteiger partial charge < -0.3 is 9.64 Å². The molecule has 0 unspecified atom stereocenters. The van der Waals surface area contributed by atoms with Crippen LogP contribution >= 0.6 is 0 Å². The van der Waals surface area contributed by atoms with Crippen molar-refractivity contribution in [3.05, 3.63) is 29.8 Å². The van der Waals surface area contributed by atoms with E-state index in [1.165, 1.54) is 4.90 Å². The third-order valence-corrected chi connectivity index (χ3v) is 8.37. The second-order valence-electron chi connectivity index (χ2n) is 11.3. The molecule has 2 aliphatic heterocycles. The Morgan fingerprint density at radius 3 is 2.16 bits per heavy atom. The molecule has 2 heterocycles. The minimum absolute atomic E-state index is 0.0759. The van der Waals surface area contributed by atoms with E-state index >= 15 is 0 Å². The monoisotopic (exact) mass is 530 g/mol. The fourth-order valence-electron chi connectivity index (χ4n) is 4.19. The highest BCUT2D eigenvalue weighted by Gasteiger charge is 2.51. The first kappa shape index (κ1) is 28.5. The van der Waals surface area contributed by atoms with Gasteiger partial charge >= 0.3 is 12.1 Å². The van der Waals surface area contributed by atoms with Crippen LogP contribution in [0.1, 0.15) is 45.6 Å². The third kappa shape index (κ3) is 6.27. The number of anilines is 1. The van der Waals surface area contributed by atoms with Crippen LogP contribution in [-0.2, 0) is 25.7 Å². The summed E-state index contributed by atoms with van der Waals surface area (Å²) < 4.78 is 5.66. The van der Waals surface area contributed by atoms with E-state index in [-0.39, 0.29) is 32.1 Å². The first-order chi connectivity index (χ1) is 17.3. The summed E-state index contributed by atoms with van der Waals surface area (Å²) in [6.45, 7) is 12.9. The van der Waals surface area contributed by atoms with E-state index < -0.39 is 37.5 Å². The van der Waals surface area contributed by atoms with Crippen LogP contribution in [0.5, 0.6) is 0 Å². The quantitative estimate of drug-likeness (QED) is 0.185. The van der Waals surface area contributed by atoms with Crippen LogP contribution in [0.4, 0.5) is 15.3 Å². The van der Waals surface area contributed by atoms with Gasteiger partial charge in [-0.1, -0.05) is 45.1 Å². The van der Waals surface area contributed by atoms with Crippen molar-refractivity contribution < 1.29 is 28.7 Å². The van der Waals surface area contributed by atoms with Crippen LogP contribution in [0.2, 0.25) is 25.7 Å². The molecule has 11 heteroatoms. The number of hydrogen-bond donors (Lipinski definition) is 0. The van der Waals surface area contributed by atoms with Gasteiger partial charge in [-0.15, -0.1) is 0 Å². The normalized spacial score (nSPS) is 18.5. The first-order valence-corrected chi connectivity index (χ1v) is 16.5. The predicted octanol–water partition coefficient (Wildman–Crippen LogP) is 4.03. The van der Waals surface area contributed by atoms with Gasteiger partial charge in [0.1, 0.15) is 18.7 Å². The lowest BCUT2D eigenvalue weighted by atomic mass is 10.0. The second-order valence-corrected chi connectivity index (χ2v) is 16.9. The summed E-state index contributed by atoms with van der Waals surface area (Å²) in [5, 5.41) is 0. The summed E-state index contributed by atoms with van der Waals surface area (Å²) in [5.41, 5.74) is 0.0418. The van der Waals surface area contributed by atoms with E-state index in [9.17, 15) is 24.0 Å². The Kier molecular flexibility index (Phi) is 8.58. The molecule has 2 aliphatic rings. The van der Waals surface area contributed by atoms with Crippen molar-refractivity contribution >= 4 is 43.5 Å². The van der Waals surface area contributed by atoms with Crippen molar-refractivity contribution in [2.24, 2.45) is 0 Å². The largest absolute Gasteiger partial charge is 0.361 e.